The number of aryl methyl sites for hydroxylation is 2. The Morgan fingerprint density at radius 1 is 1.09 bits per heavy atom. The first-order valence-electron chi connectivity index (χ1n) is 7.39. The van der Waals surface area contributed by atoms with Crippen LogP contribution in [0, 0.1) is 0 Å². The minimum absolute atomic E-state index is 0.349. The summed E-state index contributed by atoms with van der Waals surface area (Å²) in [5.41, 5.74) is 3.63. The van der Waals surface area contributed by atoms with Crippen molar-refractivity contribution in [2.24, 2.45) is 0 Å². The molecule has 0 unspecified atom stereocenters. The lowest BCUT2D eigenvalue weighted by molar-refractivity contribution is 0.700. The summed E-state index contributed by atoms with van der Waals surface area (Å²) in [6.45, 7) is 0. The number of rotatable bonds is 2. The van der Waals surface area contributed by atoms with Crippen molar-refractivity contribution in [2.45, 2.75) is 31.6 Å². The van der Waals surface area contributed by atoms with Crippen molar-refractivity contribution in [3.63, 3.8) is 0 Å². The van der Waals surface area contributed by atoms with E-state index in [-0.39, 0.29) is 0 Å². The quantitative estimate of drug-likeness (QED) is 0.519. The number of thiophene rings is 1. The summed E-state index contributed by atoms with van der Waals surface area (Å²) in [7, 11) is 0. The van der Waals surface area contributed by atoms with Crippen LogP contribution in [0.3, 0.4) is 0 Å². The van der Waals surface area contributed by atoms with Crippen molar-refractivity contribution in [1.82, 2.24) is 9.97 Å². The van der Waals surface area contributed by atoms with E-state index in [2.05, 4.69) is 45.2 Å². The number of alkyl halides is 1. The third-order valence-electron chi connectivity index (χ3n) is 4.10. The Morgan fingerprint density at radius 2 is 1.86 bits per heavy atom. The van der Waals surface area contributed by atoms with E-state index in [9.17, 15) is 0 Å². The second kappa shape index (κ2) is 5.91. The molecule has 2 heterocycles. The number of nitrogens with zero attached hydrogens (tertiary/aromatic N) is 2. The van der Waals surface area contributed by atoms with Crippen molar-refractivity contribution in [3.05, 3.63) is 45.0 Å². The molecule has 0 atom stereocenters. The summed E-state index contributed by atoms with van der Waals surface area (Å²) in [5, 5.41) is 1.25. The van der Waals surface area contributed by atoms with Crippen molar-refractivity contribution in [3.8, 4) is 11.3 Å². The molecule has 4 rings (SSSR count). The van der Waals surface area contributed by atoms with Gasteiger partial charge in [-0.05, 0) is 43.4 Å². The van der Waals surface area contributed by atoms with Crippen LogP contribution in [0.4, 0.5) is 0 Å². The topological polar surface area (TPSA) is 25.8 Å². The summed E-state index contributed by atoms with van der Waals surface area (Å²) in [5.74, 6) is 1.06. The SMILES string of the molecule is ClCc1nc(-c2ccc(Br)cc2)c2c3c(sc2n1)CCCC3. The fourth-order valence-electron chi connectivity index (χ4n) is 3.08. The normalized spacial score (nSPS) is 14.3. The first-order valence-corrected chi connectivity index (χ1v) is 9.53. The molecule has 1 aliphatic carbocycles. The monoisotopic (exact) mass is 392 g/mol. The Hall–Kier alpha value is -0.970. The highest BCUT2D eigenvalue weighted by molar-refractivity contribution is 9.10. The first kappa shape index (κ1) is 14.6. The van der Waals surface area contributed by atoms with Gasteiger partial charge < -0.3 is 0 Å². The third-order valence-corrected chi connectivity index (χ3v) is 6.05. The lowest BCUT2D eigenvalue weighted by Gasteiger charge is -2.12. The van der Waals surface area contributed by atoms with Crippen LogP contribution in [0.1, 0.15) is 29.1 Å². The fourth-order valence-corrected chi connectivity index (χ4v) is 4.74. The van der Waals surface area contributed by atoms with Crippen molar-refractivity contribution < 1.29 is 0 Å². The average Bonchev–Trinajstić information content (AvgIpc) is 2.93. The Labute approximate surface area is 146 Å². The Morgan fingerprint density at radius 3 is 2.64 bits per heavy atom. The minimum atomic E-state index is 0.349. The van der Waals surface area contributed by atoms with E-state index in [0.29, 0.717) is 11.7 Å². The zero-order valence-electron chi connectivity index (χ0n) is 11.9. The number of fused-ring (bicyclic) bond motifs is 3. The number of halogens is 2. The van der Waals surface area contributed by atoms with Crippen LogP contribution in [-0.2, 0) is 18.7 Å². The Kier molecular flexibility index (Phi) is 3.93. The molecule has 0 radical (unpaired) electrons. The standard InChI is InChI=1S/C17H14BrClN2S/c18-11-7-5-10(6-8-11)16-15-12-3-1-2-4-13(12)22-17(15)21-14(9-19)20-16/h5-8H,1-4,9H2. The van der Waals surface area contributed by atoms with E-state index in [1.807, 2.05) is 11.3 Å². The van der Waals surface area contributed by atoms with Crippen molar-refractivity contribution in [2.75, 3.05) is 0 Å². The van der Waals surface area contributed by atoms with Gasteiger partial charge in [0.2, 0.25) is 0 Å². The zero-order valence-corrected chi connectivity index (χ0v) is 15.1. The molecule has 0 fully saturated rings. The maximum atomic E-state index is 6.01. The number of hydrogen-bond acceptors (Lipinski definition) is 3. The highest BCUT2D eigenvalue weighted by Gasteiger charge is 2.21. The van der Waals surface area contributed by atoms with Gasteiger partial charge in [-0.25, -0.2) is 9.97 Å². The molecule has 0 spiro atoms. The molecule has 0 bridgehead atoms. The van der Waals surface area contributed by atoms with E-state index in [1.165, 1.54) is 35.1 Å². The smallest absolute Gasteiger partial charge is 0.145 e. The predicted molar refractivity (Wildman–Crippen MR) is 96.8 cm³/mol. The van der Waals surface area contributed by atoms with Gasteiger partial charge in [-0.15, -0.1) is 22.9 Å². The van der Waals surface area contributed by atoms with E-state index in [1.54, 1.807) is 0 Å². The summed E-state index contributed by atoms with van der Waals surface area (Å²) < 4.78 is 1.08. The van der Waals surface area contributed by atoms with Crippen LogP contribution >= 0.6 is 38.9 Å². The highest BCUT2D eigenvalue weighted by Crippen LogP contribution is 2.40. The molecule has 22 heavy (non-hydrogen) atoms. The average molecular weight is 394 g/mol. The highest BCUT2D eigenvalue weighted by atomic mass is 79.9. The van der Waals surface area contributed by atoms with Crippen molar-refractivity contribution in [1.29, 1.82) is 0 Å². The van der Waals surface area contributed by atoms with Crippen LogP contribution in [-0.4, -0.2) is 9.97 Å². The molecule has 1 aliphatic rings. The van der Waals surface area contributed by atoms with Crippen LogP contribution < -0.4 is 0 Å². The van der Waals surface area contributed by atoms with Gasteiger partial charge in [0.1, 0.15) is 10.7 Å². The van der Waals surface area contributed by atoms with E-state index in [0.717, 1.165) is 27.0 Å². The van der Waals surface area contributed by atoms with Gasteiger partial charge in [-0.1, -0.05) is 28.1 Å². The Balaban J connectivity index is 2.02. The lowest BCUT2D eigenvalue weighted by atomic mass is 9.95. The largest absolute Gasteiger partial charge is 0.231 e. The molecule has 5 heteroatoms. The summed E-state index contributed by atoms with van der Waals surface area (Å²) >= 11 is 11.3. The molecule has 3 aromatic rings. The molecule has 2 aromatic heterocycles. The Bertz CT molecular complexity index is 842. The van der Waals surface area contributed by atoms with Gasteiger partial charge in [0.05, 0.1) is 11.6 Å². The molecule has 0 saturated heterocycles. The fraction of sp³-hybridized carbons (Fsp3) is 0.294. The minimum Gasteiger partial charge on any atom is -0.231 e. The van der Waals surface area contributed by atoms with Crippen LogP contribution in [0.2, 0.25) is 0 Å². The second-order valence-electron chi connectivity index (χ2n) is 5.52. The van der Waals surface area contributed by atoms with Crippen LogP contribution in [0.25, 0.3) is 21.5 Å². The predicted octanol–water partition coefficient (Wildman–Crippen LogP) is 5.74. The summed E-state index contributed by atoms with van der Waals surface area (Å²) in [6, 6.07) is 8.33. The van der Waals surface area contributed by atoms with Gasteiger partial charge in [-0.2, -0.15) is 0 Å². The van der Waals surface area contributed by atoms with Crippen molar-refractivity contribution >= 4 is 49.1 Å². The molecule has 0 amide bonds. The number of hydrogen-bond donors (Lipinski definition) is 0. The second-order valence-corrected chi connectivity index (χ2v) is 7.79. The van der Waals surface area contributed by atoms with E-state index in [4.69, 9.17) is 16.6 Å². The van der Waals surface area contributed by atoms with Gasteiger partial charge >= 0.3 is 0 Å². The van der Waals surface area contributed by atoms with E-state index >= 15 is 0 Å². The van der Waals surface area contributed by atoms with Gasteiger partial charge in [0.25, 0.3) is 0 Å². The lowest BCUT2D eigenvalue weighted by Crippen LogP contribution is -2.00. The van der Waals surface area contributed by atoms with Gasteiger partial charge in [0.15, 0.2) is 0 Å². The molecule has 1 aromatic carbocycles. The zero-order chi connectivity index (χ0) is 15.1. The molecule has 112 valence electrons. The molecular weight excluding hydrogens is 380 g/mol. The molecule has 0 saturated carbocycles. The molecule has 0 N–H and O–H groups in total. The van der Waals surface area contributed by atoms with Crippen LogP contribution in [0.15, 0.2) is 28.7 Å². The first-order chi connectivity index (χ1) is 10.8. The number of aromatic nitrogens is 2. The summed E-state index contributed by atoms with van der Waals surface area (Å²) in [4.78, 5) is 12.0. The van der Waals surface area contributed by atoms with E-state index < -0.39 is 0 Å². The summed E-state index contributed by atoms with van der Waals surface area (Å²) in [6.07, 6.45) is 4.86. The van der Waals surface area contributed by atoms with Crippen LogP contribution in [0.5, 0.6) is 0 Å². The van der Waals surface area contributed by atoms with Gasteiger partial charge in [0, 0.05) is 20.3 Å². The number of benzene rings is 1. The maximum Gasteiger partial charge on any atom is 0.145 e. The molecular formula is C17H14BrClN2S. The maximum absolute atomic E-state index is 6.01. The molecule has 0 aliphatic heterocycles. The molecule has 2 nitrogen and oxygen atoms in total. The van der Waals surface area contributed by atoms with Gasteiger partial charge in [-0.3, -0.25) is 0 Å². The third kappa shape index (κ3) is 2.47.